The van der Waals surface area contributed by atoms with Gasteiger partial charge in [0, 0.05) is 12.1 Å². The summed E-state index contributed by atoms with van der Waals surface area (Å²) in [4.78, 5) is 11.5. The van der Waals surface area contributed by atoms with E-state index in [2.05, 4.69) is 13.8 Å². The molecule has 0 spiro atoms. The molecule has 18 heavy (non-hydrogen) atoms. The van der Waals surface area contributed by atoms with Crippen LogP contribution in [0.25, 0.3) is 11.0 Å². The highest BCUT2D eigenvalue weighted by atomic mass is 16.4. The monoisotopic (exact) mass is 252 g/mol. The minimum atomic E-state index is -0.716. The Morgan fingerprint density at radius 3 is 2.28 bits per heavy atom. The van der Waals surface area contributed by atoms with Crippen molar-refractivity contribution in [2.45, 2.75) is 27.2 Å². The van der Waals surface area contributed by atoms with Gasteiger partial charge in [-0.25, -0.2) is 0 Å². The first-order valence-corrected chi connectivity index (χ1v) is 5.60. The summed E-state index contributed by atoms with van der Waals surface area (Å²) in [7, 11) is 0. The zero-order chi connectivity index (χ0) is 13.9. The summed E-state index contributed by atoms with van der Waals surface area (Å²) in [6.45, 7) is 5.66. The quantitative estimate of drug-likeness (QED) is 0.670. The molecule has 0 atom stereocenters. The zero-order valence-corrected chi connectivity index (χ0v) is 10.5. The molecule has 1 aromatic carbocycles. The van der Waals surface area contributed by atoms with E-state index in [9.17, 15) is 20.1 Å². The van der Waals surface area contributed by atoms with Crippen molar-refractivity contribution in [3.63, 3.8) is 0 Å². The maximum absolute atomic E-state index is 11.5. The van der Waals surface area contributed by atoms with E-state index in [4.69, 9.17) is 4.42 Å². The fourth-order valence-corrected chi connectivity index (χ4v) is 1.39. The van der Waals surface area contributed by atoms with Crippen molar-refractivity contribution < 1.29 is 19.7 Å². The third-order valence-corrected chi connectivity index (χ3v) is 2.10. The van der Waals surface area contributed by atoms with Gasteiger partial charge in [-0.1, -0.05) is 20.3 Å². The molecule has 0 aliphatic heterocycles. The summed E-state index contributed by atoms with van der Waals surface area (Å²) in [5.41, 5.74) is -0.681. The van der Waals surface area contributed by atoms with Crippen LogP contribution in [-0.2, 0) is 0 Å². The van der Waals surface area contributed by atoms with Crippen molar-refractivity contribution in [1.29, 1.82) is 0 Å². The number of benzene rings is 1. The van der Waals surface area contributed by atoms with E-state index in [0.29, 0.717) is 0 Å². The molecule has 2 rings (SSSR count). The lowest BCUT2D eigenvalue weighted by atomic mass is 10.2. The fraction of sp³-hybridized carbons (Fsp3) is 0.308. The molecule has 0 saturated carbocycles. The van der Waals surface area contributed by atoms with Gasteiger partial charge in [0.15, 0.2) is 0 Å². The van der Waals surface area contributed by atoms with Crippen molar-refractivity contribution in [2.75, 3.05) is 0 Å². The first kappa shape index (κ1) is 13.9. The molecular formula is C13H16O5. The van der Waals surface area contributed by atoms with E-state index in [1.54, 1.807) is 0 Å². The van der Waals surface area contributed by atoms with Crippen LogP contribution in [0, 0.1) is 6.92 Å². The highest BCUT2D eigenvalue weighted by Crippen LogP contribution is 2.29. The number of hydrogen-bond donors (Lipinski definition) is 3. The smallest absolute Gasteiger partial charge is 0.238 e. The van der Waals surface area contributed by atoms with Gasteiger partial charge in [0.2, 0.25) is 11.2 Å². The number of aromatic hydroxyl groups is 3. The van der Waals surface area contributed by atoms with Gasteiger partial charge in [0.25, 0.3) is 0 Å². The normalized spacial score (nSPS) is 9.94. The van der Waals surface area contributed by atoms with E-state index in [1.165, 1.54) is 19.4 Å². The standard InChI is InChI=1S/C10H8O5.C3H8/c1-4-9(13)10(14)8-6(12)2-5(11)3-7(8)15-4;1-3-2/h2-3,11-13H,1H3;3H2,1-2H3. The number of phenols is 2. The molecule has 0 radical (unpaired) electrons. The maximum Gasteiger partial charge on any atom is 0.238 e. The van der Waals surface area contributed by atoms with Crippen LogP contribution < -0.4 is 5.43 Å². The first-order valence-electron chi connectivity index (χ1n) is 5.60. The summed E-state index contributed by atoms with van der Waals surface area (Å²) >= 11 is 0. The van der Waals surface area contributed by atoms with E-state index < -0.39 is 16.9 Å². The lowest BCUT2D eigenvalue weighted by molar-refractivity contribution is 0.421. The minimum Gasteiger partial charge on any atom is -0.508 e. The summed E-state index contributed by atoms with van der Waals surface area (Å²) in [6, 6.07) is 2.21. The lowest BCUT2D eigenvalue weighted by Gasteiger charge is -2.03. The highest BCUT2D eigenvalue weighted by Gasteiger charge is 2.14. The molecule has 0 aliphatic rings. The van der Waals surface area contributed by atoms with E-state index in [0.717, 1.165) is 6.07 Å². The van der Waals surface area contributed by atoms with E-state index in [-0.39, 0.29) is 22.5 Å². The molecule has 1 heterocycles. The topological polar surface area (TPSA) is 90.9 Å². The van der Waals surface area contributed by atoms with Crippen LogP contribution in [0.15, 0.2) is 21.3 Å². The first-order chi connectivity index (χ1) is 8.42. The van der Waals surface area contributed by atoms with Crippen LogP contribution in [0.4, 0.5) is 0 Å². The Bertz CT molecular complexity index is 613. The van der Waals surface area contributed by atoms with Crippen molar-refractivity contribution in [3.05, 3.63) is 28.1 Å². The van der Waals surface area contributed by atoms with Crippen LogP contribution in [-0.4, -0.2) is 15.3 Å². The van der Waals surface area contributed by atoms with Gasteiger partial charge < -0.3 is 19.7 Å². The van der Waals surface area contributed by atoms with Gasteiger partial charge in [-0.3, -0.25) is 4.79 Å². The molecule has 0 fully saturated rings. The van der Waals surface area contributed by atoms with Crippen molar-refractivity contribution >= 4 is 11.0 Å². The predicted octanol–water partition coefficient (Wildman–Crippen LogP) is 2.63. The summed E-state index contributed by atoms with van der Waals surface area (Å²) in [6.07, 6.45) is 1.25. The summed E-state index contributed by atoms with van der Waals surface area (Å²) < 4.78 is 5.06. The van der Waals surface area contributed by atoms with Gasteiger partial charge in [-0.2, -0.15) is 0 Å². The molecule has 0 unspecified atom stereocenters. The molecule has 1 aromatic heterocycles. The molecule has 0 bridgehead atoms. The van der Waals surface area contributed by atoms with E-state index in [1.807, 2.05) is 0 Å². The minimum absolute atomic E-state index is 0.0350. The molecule has 2 aromatic rings. The lowest BCUT2D eigenvalue weighted by Crippen LogP contribution is -2.02. The van der Waals surface area contributed by atoms with Crippen LogP contribution >= 0.6 is 0 Å². The number of rotatable bonds is 0. The van der Waals surface area contributed by atoms with Crippen LogP contribution in [0.1, 0.15) is 26.0 Å². The maximum atomic E-state index is 11.5. The fourth-order valence-electron chi connectivity index (χ4n) is 1.39. The van der Waals surface area contributed by atoms with Crippen LogP contribution in [0.3, 0.4) is 0 Å². The summed E-state index contributed by atoms with van der Waals surface area (Å²) in [5.74, 6) is -1.14. The van der Waals surface area contributed by atoms with Gasteiger partial charge >= 0.3 is 0 Å². The van der Waals surface area contributed by atoms with Gasteiger partial charge in [0.05, 0.1) is 0 Å². The molecule has 3 N–H and O–H groups in total. The average molecular weight is 252 g/mol. The predicted molar refractivity (Wildman–Crippen MR) is 68.2 cm³/mol. The molecule has 0 aliphatic carbocycles. The Kier molecular flexibility index (Phi) is 4.20. The largest absolute Gasteiger partial charge is 0.508 e. The number of fused-ring (bicyclic) bond motifs is 1. The third-order valence-electron chi connectivity index (χ3n) is 2.10. The Morgan fingerprint density at radius 2 is 1.72 bits per heavy atom. The number of hydrogen-bond acceptors (Lipinski definition) is 5. The molecule has 98 valence electrons. The second kappa shape index (κ2) is 5.44. The average Bonchev–Trinajstić information content (AvgIpc) is 2.26. The summed E-state index contributed by atoms with van der Waals surface area (Å²) in [5, 5.41) is 27.8. The highest BCUT2D eigenvalue weighted by molar-refractivity contribution is 5.85. The number of aryl methyl sites for hydroxylation is 1. The second-order valence-electron chi connectivity index (χ2n) is 3.88. The van der Waals surface area contributed by atoms with E-state index >= 15 is 0 Å². The van der Waals surface area contributed by atoms with Crippen molar-refractivity contribution in [3.8, 4) is 17.2 Å². The molecule has 0 amide bonds. The molecular weight excluding hydrogens is 236 g/mol. The van der Waals surface area contributed by atoms with Gasteiger partial charge in [-0.15, -0.1) is 0 Å². The Morgan fingerprint density at radius 1 is 1.17 bits per heavy atom. The molecule has 5 heteroatoms. The third kappa shape index (κ3) is 2.56. The Balaban J connectivity index is 0.000000492. The Labute approximate surface area is 104 Å². The number of phenolic OH excluding ortho intramolecular Hbond substituents is 2. The van der Waals surface area contributed by atoms with Gasteiger partial charge in [0.1, 0.15) is 28.2 Å². The zero-order valence-electron chi connectivity index (χ0n) is 10.5. The van der Waals surface area contributed by atoms with Crippen molar-refractivity contribution in [1.82, 2.24) is 0 Å². The molecule has 5 nitrogen and oxygen atoms in total. The second-order valence-corrected chi connectivity index (χ2v) is 3.88. The van der Waals surface area contributed by atoms with Crippen molar-refractivity contribution in [2.24, 2.45) is 0 Å². The Hall–Kier alpha value is -2.17. The van der Waals surface area contributed by atoms with Crippen LogP contribution in [0.2, 0.25) is 0 Å². The van der Waals surface area contributed by atoms with Crippen LogP contribution in [0.5, 0.6) is 17.2 Å². The molecule has 0 saturated heterocycles. The SMILES string of the molecule is CCC.Cc1oc2cc(O)cc(O)c2c(=O)c1O. The van der Waals surface area contributed by atoms with Gasteiger partial charge in [-0.05, 0) is 6.92 Å².